The average molecular weight is 268 g/mol. The van der Waals surface area contributed by atoms with Gasteiger partial charge >= 0.3 is 5.69 Å². The summed E-state index contributed by atoms with van der Waals surface area (Å²) >= 11 is 0. The molecule has 0 bridgehead atoms. The fourth-order valence-corrected chi connectivity index (χ4v) is 2.18. The Kier molecular flexibility index (Phi) is 3.79. The first-order chi connectivity index (χ1) is 8.97. The summed E-state index contributed by atoms with van der Waals surface area (Å²) in [5.41, 5.74) is -0.129. The van der Waals surface area contributed by atoms with Gasteiger partial charge in [0.15, 0.2) is 0 Å². The zero-order chi connectivity index (χ0) is 14.0. The van der Waals surface area contributed by atoms with Crippen LogP contribution in [0.25, 0.3) is 0 Å². The highest BCUT2D eigenvalue weighted by atomic mass is 16.6. The molecular formula is C11H16N4O4. The third-order valence-corrected chi connectivity index (χ3v) is 3.39. The number of hydrogen-bond acceptors (Lipinski definition) is 5. The second-order valence-electron chi connectivity index (χ2n) is 4.78. The van der Waals surface area contributed by atoms with Crippen LogP contribution in [0, 0.1) is 16.0 Å². The van der Waals surface area contributed by atoms with Gasteiger partial charge in [-0.3, -0.25) is 19.6 Å². The Balaban J connectivity index is 1.92. The number of likely N-dealkylation sites (tertiary alicyclic amines) is 1. The number of aromatic nitrogens is 2. The van der Waals surface area contributed by atoms with E-state index in [1.165, 1.54) is 10.9 Å². The van der Waals surface area contributed by atoms with E-state index >= 15 is 0 Å². The van der Waals surface area contributed by atoms with Crippen molar-refractivity contribution in [2.24, 2.45) is 5.92 Å². The van der Waals surface area contributed by atoms with E-state index < -0.39 is 11.0 Å². The van der Waals surface area contributed by atoms with Crippen molar-refractivity contribution in [3.8, 4) is 0 Å². The number of hydrogen-bond donors (Lipinski definition) is 1. The number of amides is 1. The fourth-order valence-electron chi connectivity index (χ4n) is 2.18. The molecule has 0 aliphatic carbocycles. The lowest BCUT2D eigenvalue weighted by atomic mass is 10.0. The summed E-state index contributed by atoms with van der Waals surface area (Å²) in [6.45, 7) is 2.84. The predicted molar refractivity (Wildman–Crippen MR) is 65.2 cm³/mol. The van der Waals surface area contributed by atoms with Gasteiger partial charge < -0.3 is 10.0 Å². The van der Waals surface area contributed by atoms with Crippen LogP contribution < -0.4 is 0 Å². The molecule has 104 valence electrons. The first kappa shape index (κ1) is 13.5. The summed E-state index contributed by atoms with van der Waals surface area (Å²) in [4.78, 5) is 23.6. The lowest BCUT2D eigenvalue weighted by Crippen LogP contribution is -2.33. The molecule has 0 spiro atoms. The first-order valence-electron chi connectivity index (χ1n) is 6.10. The van der Waals surface area contributed by atoms with E-state index in [4.69, 9.17) is 0 Å². The highest BCUT2D eigenvalue weighted by Gasteiger charge is 2.29. The molecule has 8 nitrogen and oxygen atoms in total. The van der Waals surface area contributed by atoms with Crippen molar-refractivity contribution in [1.29, 1.82) is 0 Å². The van der Waals surface area contributed by atoms with Gasteiger partial charge in [-0.2, -0.15) is 5.10 Å². The smallest absolute Gasteiger partial charge is 0.307 e. The molecule has 1 aliphatic heterocycles. The summed E-state index contributed by atoms with van der Waals surface area (Å²) in [7, 11) is 0. The van der Waals surface area contributed by atoms with Crippen molar-refractivity contribution < 1.29 is 14.8 Å². The first-order valence-corrected chi connectivity index (χ1v) is 6.10. The molecular weight excluding hydrogens is 252 g/mol. The lowest BCUT2D eigenvalue weighted by molar-refractivity contribution is -0.385. The molecule has 2 unspecified atom stereocenters. The number of aliphatic hydroxyl groups excluding tert-OH is 1. The predicted octanol–water partition coefficient (Wildman–Crippen LogP) is 0.0206. The zero-order valence-corrected chi connectivity index (χ0v) is 10.6. The van der Waals surface area contributed by atoms with Gasteiger partial charge in [0.1, 0.15) is 18.9 Å². The third kappa shape index (κ3) is 3.08. The number of rotatable bonds is 4. The van der Waals surface area contributed by atoms with Gasteiger partial charge in [0.25, 0.3) is 0 Å². The van der Waals surface area contributed by atoms with Crippen LogP contribution >= 0.6 is 0 Å². The Labute approximate surface area is 109 Å². The number of carbonyl (C=O) groups is 1. The minimum Gasteiger partial charge on any atom is -0.393 e. The largest absolute Gasteiger partial charge is 0.393 e. The average Bonchev–Trinajstić information content (AvgIpc) is 2.96. The molecule has 0 radical (unpaired) electrons. The molecule has 1 aliphatic rings. The van der Waals surface area contributed by atoms with Crippen LogP contribution in [0.15, 0.2) is 12.4 Å². The molecule has 1 aromatic rings. The van der Waals surface area contributed by atoms with Crippen LogP contribution in [0.2, 0.25) is 0 Å². The Morgan fingerprint density at radius 1 is 1.74 bits per heavy atom. The number of aliphatic hydroxyl groups is 1. The Morgan fingerprint density at radius 2 is 2.47 bits per heavy atom. The maximum Gasteiger partial charge on any atom is 0.307 e. The molecule has 1 saturated heterocycles. The van der Waals surface area contributed by atoms with E-state index in [-0.39, 0.29) is 24.1 Å². The normalized spacial score (nSPS) is 20.5. The van der Waals surface area contributed by atoms with Crippen molar-refractivity contribution in [1.82, 2.24) is 14.7 Å². The molecule has 1 N–H and O–H groups in total. The van der Waals surface area contributed by atoms with Crippen molar-refractivity contribution >= 4 is 11.6 Å². The Bertz CT molecular complexity index is 485. The van der Waals surface area contributed by atoms with Crippen LogP contribution in [-0.2, 0) is 11.3 Å². The number of nitro groups is 1. The van der Waals surface area contributed by atoms with Gasteiger partial charge in [-0.25, -0.2) is 0 Å². The Morgan fingerprint density at radius 3 is 3.00 bits per heavy atom. The van der Waals surface area contributed by atoms with Crippen molar-refractivity contribution in [2.45, 2.75) is 26.0 Å². The van der Waals surface area contributed by atoms with Crippen molar-refractivity contribution in [3.05, 3.63) is 22.5 Å². The van der Waals surface area contributed by atoms with Gasteiger partial charge in [-0.15, -0.1) is 0 Å². The Hall–Kier alpha value is -1.96. The summed E-state index contributed by atoms with van der Waals surface area (Å²) in [5, 5.41) is 23.8. The lowest BCUT2D eigenvalue weighted by Gasteiger charge is -2.17. The van der Waals surface area contributed by atoms with Gasteiger partial charge in [-0.1, -0.05) is 0 Å². The molecule has 2 rings (SSSR count). The molecule has 1 fully saturated rings. The maximum atomic E-state index is 12.0. The molecule has 0 aromatic carbocycles. The molecule has 1 aromatic heterocycles. The van der Waals surface area contributed by atoms with Crippen LogP contribution in [-0.4, -0.2) is 49.8 Å². The summed E-state index contributed by atoms with van der Waals surface area (Å²) in [5.74, 6) is -0.0305. The number of carbonyl (C=O) groups excluding carboxylic acids is 1. The quantitative estimate of drug-likeness (QED) is 0.612. The highest BCUT2D eigenvalue weighted by molar-refractivity contribution is 5.76. The van der Waals surface area contributed by atoms with Crippen LogP contribution in [0.5, 0.6) is 0 Å². The maximum absolute atomic E-state index is 12.0. The number of nitrogens with zero attached hydrogens (tertiary/aromatic N) is 4. The second-order valence-corrected chi connectivity index (χ2v) is 4.78. The molecule has 2 atom stereocenters. The second kappa shape index (κ2) is 5.35. The summed E-state index contributed by atoms with van der Waals surface area (Å²) in [6, 6.07) is 0. The molecule has 1 amide bonds. The van der Waals surface area contributed by atoms with Crippen LogP contribution in [0.1, 0.15) is 13.3 Å². The third-order valence-electron chi connectivity index (χ3n) is 3.39. The summed E-state index contributed by atoms with van der Waals surface area (Å²) in [6.07, 6.45) is 2.71. The minimum atomic E-state index is -0.548. The fraction of sp³-hybridized carbons (Fsp3) is 0.636. The van der Waals surface area contributed by atoms with Crippen molar-refractivity contribution in [3.63, 3.8) is 0 Å². The highest BCUT2D eigenvalue weighted by Crippen LogP contribution is 2.20. The molecule has 2 heterocycles. The van der Waals surface area contributed by atoms with E-state index in [1.807, 2.05) is 0 Å². The summed E-state index contributed by atoms with van der Waals surface area (Å²) < 4.78 is 1.26. The minimum absolute atomic E-state index is 0.0135. The van der Waals surface area contributed by atoms with E-state index in [0.717, 1.165) is 12.6 Å². The monoisotopic (exact) mass is 268 g/mol. The van der Waals surface area contributed by atoms with E-state index in [9.17, 15) is 20.0 Å². The van der Waals surface area contributed by atoms with E-state index in [1.54, 1.807) is 11.8 Å². The van der Waals surface area contributed by atoms with Crippen molar-refractivity contribution in [2.75, 3.05) is 13.1 Å². The standard InChI is InChI=1S/C11H16N4O4/c1-8(16)9-2-3-13(5-9)11(17)7-14-6-10(4-12-14)15(18)19/h4,6,8-9,16H,2-3,5,7H2,1H3. The zero-order valence-electron chi connectivity index (χ0n) is 10.6. The molecule has 8 heteroatoms. The van der Waals surface area contributed by atoms with Gasteiger partial charge in [0.05, 0.1) is 11.0 Å². The van der Waals surface area contributed by atoms with E-state index in [0.29, 0.717) is 13.1 Å². The van der Waals surface area contributed by atoms with Gasteiger partial charge in [0, 0.05) is 19.0 Å². The van der Waals surface area contributed by atoms with E-state index in [2.05, 4.69) is 5.10 Å². The van der Waals surface area contributed by atoms with Gasteiger partial charge in [0.2, 0.25) is 5.91 Å². The van der Waals surface area contributed by atoms with Gasteiger partial charge in [-0.05, 0) is 13.3 Å². The molecule has 0 saturated carbocycles. The van der Waals surface area contributed by atoms with Crippen LogP contribution in [0.4, 0.5) is 5.69 Å². The molecule has 19 heavy (non-hydrogen) atoms. The van der Waals surface area contributed by atoms with Crippen LogP contribution in [0.3, 0.4) is 0 Å². The topological polar surface area (TPSA) is 102 Å². The SMILES string of the molecule is CC(O)C1CCN(C(=O)Cn2cc([N+](=O)[O-])cn2)C1.